The summed E-state index contributed by atoms with van der Waals surface area (Å²) in [6.45, 7) is 1.57. The van der Waals surface area contributed by atoms with Crippen molar-refractivity contribution in [2.45, 2.75) is 6.92 Å². The van der Waals surface area contributed by atoms with Crippen LogP contribution < -0.4 is 4.74 Å². The van der Waals surface area contributed by atoms with Crippen molar-refractivity contribution in [1.29, 1.82) is 0 Å². The van der Waals surface area contributed by atoms with E-state index < -0.39 is 18.5 Å². The number of likely N-dealkylation sites (N-methyl/N-ethyl adjacent to an activating group) is 1. The average molecular weight is 440 g/mol. The summed E-state index contributed by atoms with van der Waals surface area (Å²) in [4.78, 5) is 41.6. The maximum atomic E-state index is 12.6. The smallest absolute Gasteiger partial charge is 0.341 e. The van der Waals surface area contributed by atoms with E-state index in [4.69, 9.17) is 14.6 Å². The van der Waals surface area contributed by atoms with Crippen LogP contribution in [0, 0.1) is 0 Å². The molecule has 1 aliphatic rings. The molecular formula is C22H20N2O6S. The number of hydrogen-bond acceptors (Lipinski definition) is 7. The molecular weight excluding hydrogens is 420 g/mol. The number of esters is 1. The largest absolute Gasteiger partial charge is 0.482 e. The van der Waals surface area contributed by atoms with Crippen LogP contribution >= 0.6 is 11.8 Å². The second-order valence-electron chi connectivity index (χ2n) is 6.39. The number of aliphatic carboxylic acids is 1. The molecule has 0 bridgehead atoms. The van der Waals surface area contributed by atoms with Crippen LogP contribution in [0.4, 0.5) is 5.69 Å². The highest BCUT2D eigenvalue weighted by molar-refractivity contribution is 8.18. The Labute approximate surface area is 183 Å². The second kappa shape index (κ2) is 9.94. The molecule has 0 spiro atoms. The molecule has 0 unspecified atom stereocenters. The van der Waals surface area contributed by atoms with Gasteiger partial charge in [-0.25, -0.2) is 14.6 Å². The van der Waals surface area contributed by atoms with Crippen LogP contribution in [0.25, 0.3) is 6.08 Å². The molecule has 1 heterocycles. The maximum absolute atomic E-state index is 12.6. The Morgan fingerprint density at radius 1 is 1.19 bits per heavy atom. The first kappa shape index (κ1) is 22.1. The second-order valence-corrected chi connectivity index (χ2v) is 7.40. The normalized spacial score (nSPS) is 16.1. The first-order valence-corrected chi connectivity index (χ1v) is 10.2. The van der Waals surface area contributed by atoms with Gasteiger partial charge in [0.2, 0.25) is 0 Å². The minimum absolute atomic E-state index is 0.220. The van der Waals surface area contributed by atoms with Crippen LogP contribution in [-0.2, 0) is 14.3 Å². The van der Waals surface area contributed by atoms with Gasteiger partial charge in [0.05, 0.1) is 22.8 Å². The van der Waals surface area contributed by atoms with E-state index in [9.17, 15) is 14.4 Å². The molecule has 2 aromatic rings. The van der Waals surface area contributed by atoms with E-state index in [0.717, 1.165) is 0 Å². The van der Waals surface area contributed by atoms with Gasteiger partial charge in [-0.2, -0.15) is 0 Å². The number of aliphatic imine (C=N–C) groups is 1. The molecule has 1 fully saturated rings. The van der Waals surface area contributed by atoms with E-state index in [0.29, 0.717) is 32.6 Å². The Balaban J connectivity index is 1.81. The highest BCUT2D eigenvalue weighted by Crippen LogP contribution is 2.33. The Morgan fingerprint density at radius 3 is 2.71 bits per heavy atom. The van der Waals surface area contributed by atoms with Gasteiger partial charge in [-0.15, -0.1) is 0 Å². The van der Waals surface area contributed by atoms with Gasteiger partial charge < -0.3 is 14.6 Å². The highest BCUT2D eigenvalue weighted by atomic mass is 32.2. The summed E-state index contributed by atoms with van der Waals surface area (Å²) >= 11 is 1.20. The minimum atomic E-state index is -1.07. The van der Waals surface area contributed by atoms with Crippen molar-refractivity contribution in [2.75, 3.05) is 20.3 Å². The van der Waals surface area contributed by atoms with E-state index in [1.54, 1.807) is 68.6 Å². The summed E-state index contributed by atoms with van der Waals surface area (Å²) in [5.41, 5.74) is 1.60. The Kier molecular flexibility index (Phi) is 7.09. The topological polar surface area (TPSA) is 106 Å². The lowest BCUT2D eigenvalue weighted by Gasteiger charge is -2.08. The summed E-state index contributed by atoms with van der Waals surface area (Å²) in [5, 5.41) is 9.20. The molecule has 31 heavy (non-hydrogen) atoms. The fraction of sp³-hybridized carbons (Fsp3) is 0.182. The average Bonchev–Trinajstić information content (AvgIpc) is 3.00. The van der Waals surface area contributed by atoms with Crippen LogP contribution in [-0.4, -0.2) is 53.3 Å². The van der Waals surface area contributed by atoms with Gasteiger partial charge in [0.15, 0.2) is 11.8 Å². The highest BCUT2D eigenvalue weighted by Gasteiger charge is 2.30. The first-order chi connectivity index (χ1) is 14.9. The third kappa shape index (κ3) is 5.73. The molecule has 160 valence electrons. The number of thioether (sulfide) groups is 1. The number of rotatable bonds is 7. The number of ether oxygens (including phenoxy) is 2. The molecule has 9 heteroatoms. The number of carboxylic acid groups (broad SMARTS) is 1. The zero-order valence-electron chi connectivity index (χ0n) is 16.9. The SMILES string of the molecule is CCOC(=O)c1cccc(N=C2SC(=Cc3cccc(OCC(=O)O)c3)C(=O)N2C)c1. The van der Waals surface area contributed by atoms with E-state index >= 15 is 0 Å². The molecule has 0 saturated carbocycles. The van der Waals surface area contributed by atoms with Crippen molar-refractivity contribution < 1.29 is 29.0 Å². The van der Waals surface area contributed by atoms with Gasteiger partial charge in [0, 0.05) is 7.05 Å². The van der Waals surface area contributed by atoms with E-state index in [-0.39, 0.29) is 12.5 Å². The van der Waals surface area contributed by atoms with Gasteiger partial charge in [-0.05, 0) is 60.7 Å². The minimum Gasteiger partial charge on any atom is -0.482 e. The number of benzene rings is 2. The lowest BCUT2D eigenvalue weighted by atomic mass is 10.2. The first-order valence-electron chi connectivity index (χ1n) is 9.35. The summed E-state index contributed by atoms with van der Waals surface area (Å²) in [6, 6.07) is 13.5. The van der Waals surface area contributed by atoms with Crippen molar-refractivity contribution in [2.24, 2.45) is 4.99 Å². The molecule has 0 aliphatic carbocycles. The standard InChI is InChI=1S/C22H20N2O6S/c1-3-29-21(28)15-7-5-8-16(12-15)23-22-24(2)20(27)18(31-22)11-14-6-4-9-17(10-14)30-13-19(25)26/h4-12H,3,13H2,1-2H3,(H,25,26). The summed E-state index contributed by atoms with van der Waals surface area (Å²) in [5.74, 6) is -1.33. The number of hydrogen-bond donors (Lipinski definition) is 1. The number of nitrogens with zero attached hydrogens (tertiary/aromatic N) is 2. The Morgan fingerprint density at radius 2 is 1.97 bits per heavy atom. The molecule has 2 aromatic carbocycles. The van der Waals surface area contributed by atoms with E-state index in [1.807, 2.05) is 0 Å². The quantitative estimate of drug-likeness (QED) is 0.518. The summed E-state index contributed by atoms with van der Waals surface area (Å²) in [6.07, 6.45) is 1.69. The predicted octanol–water partition coefficient (Wildman–Crippen LogP) is 3.56. The van der Waals surface area contributed by atoms with Crippen LogP contribution in [0.15, 0.2) is 58.4 Å². The van der Waals surface area contributed by atoms with Crippen LogP contribution in [0.1, 0.15) is 22.8 Å². The zero-order chi connectivity index (χ0) is 22.4. The number of amidine groups is 1. The molecule has 1 saturated heterocycles. The Bertz CT molecular complexity index is 1080. The van der Waals surface area contributed by atoms with Crippen molar-refractivity contribution in [3.8, 4) is 5.75 Å². The molecule has 0 aromatic heterocycles. The Hall–Kier alpha value is -3.59. The fourth-order valence-electron chi connectivity index (χ4n) is 2.67. The lowest BCUT2D eigenvalue weighted by molar-refractivity contribution is -0.139. The van der Waals surface area contributed by atoms with Gasteiger partial charge >= 0.3 is 11.9 Å². The zero-order valence-corrected chi connectivity index (χ0v) is 17.7. The van der Waals surface area contributed by atoms with Gasteiger partial charge in [-0.1, -0.05) is 18.2 Å². The monoisotopic (exact) mass is 440 g/mol. The van der Waals surface area contributed by atoms with Crippen LogP contribution in [0.2, 0.25) is 0 Å². The number of carbonyl (C=O) groups excluding carboxylic acids is 2. The molecule has 0 radical (unpaired) electrons. The summed E-state index contributed by atoms with van der Waals surface area (Å²) in [7, 11) is 1.62. The number of amides is 1. The number of carbonyl (C=O) groups is 3. The molecule has 0 atom stereocenters. The van der Waals surface area contributed by atoms with Crippen molar-refractivity contribution >= 4 is 46.5 Å². The third-order valence-corrected chi connectivity index (χ3v) is 5.16. The lowest BCUT2D eigenvalue weighted by Crippen LogP contribution is -2.23. The summed E-state index contributed by atoms with van der Waals surface area (Å²) < 4.78 is 10.2. The van der Waals surface area contributed by atoms with E-state index in [1.165, 1.54) is 16.7 Å². The molecule has 1 aliphatic heterocycles. The molecule has 1 N–H and O–H groups in total. The van der Waals surface area contributed by atoms with Crippen LogP contribution in [0.3, 0.4) is 0 Å². The van der Waals surface area contributed by atoms with Crippen molar-refractivity contribution in [3.05, 3.63) is 64.6 Å². The predicted molar refractivity (Wildman–Crippen MR) is 117 cm³/mol. The molecule has 8 nitrogen and oxygen atoms in total. The fourth-order valence-corrected chi connectivity index (χ4v) is 3.66. The molecule has 1 amide bonds. The van der Waals surface area contributed by atoms with Gasteiger partial charge in [0.25, 0.3) is 5.91 Å². The van der Waals surface area contributed by atoms with Crippen molar-refractivity contribution in [1.82, 2.24) is 4.90 Å². The van der Waals surface area contributed by atoms with Crippen LogP contribution in [0.5, 0.6) is 5.75 Å². The molecule has 3 rings (SSSR count). The van der Waals surface area contributed by atoms with Gasteiger partial charge in [0.1, 0.15) is 5.75 Å². The number of carboxylic acids is 1. The van der Waals surface area contributed by atoms with Gasteiger partial charge in [-0.3, -0.25) is 9.69 Å². The third-order valence-electron chi connectivity index (χ3n) is 4.10. The van der Waals surface area contributed by atoms with Crippen molar-refractivity contribution in [3.63, 3.8) is 0 Å². The van der Waals surface area contributed by atoms with E-state index in [2.05, 4.69) is 4.99 Å². The maximum Gasteiger partial charge on any atom is 0.341 e.